The maximum Gasteiger partial charge on any atom is 0.251 e. The molecule has 1 saturated carbocycles. The number of carbonyl (C=O) groups is 2. The van der Waals surface area contributed by atoms with Gasteiger partial charge in [-0.3, -0.25) is 9.59 Å². The highest BCUT2D eigenvalue weighted by Crippen LogP contribution is 2.18. The number of amides is 2. The summed E-state index contributed by atoms with van der Waals surface area (Å²) in [7, 11) is 0. The van der Waals surface area contributed by atoms with Gasteiger partial charge in [-0.1, -0.05) is 43.2 Å². The summed E-state index contributed by atoms with van der Waals surface area (Å²) in [6.45, 7) is 1.96. The van der Waals surface area contributed by atoms with Crippen LogP contribution in [0.1, 0.15) is 64.9 Å². The summed E-state index contributed by atoms with van der Waals surface area (Å²) < 4.78 is 0. The van der Waals surface area contributed by atoms with Crippen LogP contribution >= 0.6 is 0 Å². The number of carbonyl (C=O) groups excluding carboxylic acids is 2. The fraction of sp³-hybridized carbons (Fsp3) is 0.333. The summed E-state index contributed by atoms with van der Waals surface area (Å²) in [5, 5.41) is 6.04. The normalized spacial score (nSPS) is 15.6. The average Bonchev–Trinajstić information content (AvgIpc) is 3.15. The van der Waals surface area contributed by atoms with Crippen molar-refractivity contribution in [3.05, 3.63) is 71.3 Å². The Kier molecular flexibility index (Phi) is 5.49. The molecule has 0 saturated heterocycles. The summed E-state index contributed by atoms with van der Waals surface area (Å²) in [5.74, 6) is -0.199. The molecule has 25 heavy (non-hydrogen) atoms. The number of rotatable bonds is 5. The lowest BCUT2D eigenvalue weighted by Crippen LogP contribution is -2.32. The van der Waals surface area contributed by atoms with Gasteiger partial charge in [-0.15, -0.1) is 0 Å². The van der Waals surface area contributed by atoms with Crippen molar-refractivity contribution in [2.45, 2.75) is 44.7 Å². The number of hydrogen-bond acceptors (Lipinski definition) is 2. The molecule has 0 aliphatic heterocycles. The third-order valence-corrected chi connectivity index (χ3v) is 4.75. The first-order chi connectivity index (χ1) is 12.1. The van der Waals surface area contributed by atoms with Gasteiger partial charge in [0.25, 0.3) is 11.8 Å². The van der Waals surface area contributed by atoms with Crippen LogP contribution in [0.25, 0.3) is 0 Å². The molecule has 1 unspecified atom stereocenters. The van der Waals surface area contributed by atoms with E-state index in [4.69, 9.17) is 0 Å². The van der Waals surface area contributed by atoms with Crippen LogP contribution in [0.5, 0.6) is 0 Å². The van der Waals surface area contributed by atoms with E-state index in [-0.39, 0.29) is 17.9 Å². The maximum atomic E-state index is 12.4. The molecule has 0 spiro atoms. The molecule has 2 aromatic rings. The van der Waals surface area contributed by atoms with Crippen LogP contribution in [-0.2, 0) is 0 Å². The van der Waals surface area contributed by atoms with Gasteiger partial charge in [0.2, 0.25) is 0 Å². The molecule has 0 bridgehead atoms. The van der Waals surface area contributed by atoms with Gasteiger partial charge < -0.3 is 10.6 Å². The van der Waals surface area contributed by atoms with Gasteiger partial charge in [0.05, 0.1) is 6.04 Å². The molecule has 4 nitrogen and oxygen atoms in total. The minimum Gasteiger partial charge on any atom is -0.349 e. The molecule has 1 aliphatic rings. The van der Waals surface area contributed by atoms with Gasteiger partial charge in [-0.05, 0) is 49.6 Å². The number of nitrogens with one attached hydrogen (secondary N) is 2. The lowest BCUT2D eigenvalue weighted by molar-refractivity contribution is 0.0926. The lowest BCUT2D eigenvalue weighted by atomic mass is 10.1. The molecule has 0 heterocycles. The minimum absolute atomic E-state index is 0.0588. The fourth-order valence-corrected chi connectivity index (χ4v) is 3.22. The summed E-state index contributed by atoms with van der Waals surface area (Å²) in [5.41, 5.74) is 2.21. The quantitative estimate of drug-likeness (QED) is 0.871. The molecule has 2 aromatic carbocycles. The highest BCUT2D eigenvalue weighted by Gasteiger charge is 2.18. The second-order valence-electron chi connectivity index (χ2n) is 6.64. The first-order valence-corrected chi connectivity index (χ1v) is 8.90. The van der Waals surface area contributed by atoms with Crippen LogP contribution in [0, 0.1) is 0 Å². The van der Waals surface area contributed by atoms with Gasteiger partial charge in [-0.25, -0.2) is 0 Å². The zero-order chi connectivity index (χ0) is 17.6. The molecule has 1 aliphatic carbocycles. The molecule has 1 atom stereocenters. The van der Waals surface area contributed by atoms with Gasteiger partial charge >= 0.3 is 0 Å². The first-order valence-electron chi connectivity index (χ1n) is 8.90. The second-order valence-corrected chi connectivity index (χ2v) is 6.64. The summed E-state index contributed by atoms with van der Waals surface area (Å²) in [6, 6.07) is 16.9. The zero-order valence-electron chi connectivity index (χ0n) is 14.5. The Morgan fingerprint density at radius 3 is 2.04 bits per heavy atom. The highest BCUT2D eigenvalue weighted by molar-refractivity contribution is 5.98. The smallest absolute Gasteiger partial charge is 0.251 e. The van der Waals surface area contributed by atoms with E-state index in [1.165, 1.54) is 12.8 Å². The predicted molar refractivity (Wildman–Crippen MR) is 98.5 cm³/mol. The SMILES string of the molecule is CC(NC(=O)c1ccc(C(=O)NC2CCCC2)cc1)c1ccccc1. The van der Waals surface area contributed by atoms with Gasteiger partial charge in [0.15, 0.2) is 0 Å². The molecule has 0 aromatic heterocycles. The molecular weight excluding hydrogens is 312 g/mol. The maximum absolute atomic E-state index is 12.4. The Hall–Kier alpha value is -2.62. The standard InChI is InChI=1S/C21H24N2O2/c1-15(16-7-3-2-4-8-16)22-20(24)17-11-13-18(14-12-17)21(25)23-19-9-5-6-10-19/h2-4,7-8,11-15,19H,5-6,9-10H2,1H3,(H,22,24)(H,23,25). The van der Waals surface area contributed by atoms with E-state index in [1.807, 2.05) is 37.3 Å². The van der Waals surface area contributed by atoms with Crippen LogP contribution in [0.3, 0.4) is 0 Å². The van der Waals surface area contributed by atoms with E-state index in [0.717, 1.165) is 18.4 Å². The summed E-state index contributed by atoms with van der Waals surface area (Å²) >= 11 is 0. The number of hydrogen-bond donors (Lipinski definition) is 2. The van der Waals surface area contributed by atoms with E-state index in [1.54, 1.807) is 24.3 Å². The molecule has 3 rings (SSSR count). The first kappa shape index (κ1) is 17.2. The largest absolute Gasteiger partial charge is 0.349 e. The van der Waals surface area contributed by atoms with E-state index in [9.17, 15) is 9.59 Å². The topological polar surface area (TPSA) is 58.2 Å². The zero-order valence-corrected chi connectivity index (χ0v) is 14.5. The van der Waals surface area contributed by atoms with Crippen molar-refractivity contribution in [3.8, 4) is 0 Å². The minimum atomic E-state index is -0.140. The third-order valence-electron chi connectivity index (χ3n) is 4.75. The predicted octanol–water partition coefficient (Wildman–Crippen LogP) is 3.85. The Labute approximate surface area is 148 Å². The van der Waals surface area contributed by atoms with Gasteiger partial charge in [0.1, 0.15) is 0 Å². The van der Waals surface area contributed by atoms with E-state index < -0.39 is 0 Å². The fourth-order valence-electron chi connectivity index (χ4n) is 3.22. The molecule has 130 valence electrons. The van der Waals surface area contributed by atoms with Crippen molar-refractivity contribution >= 4 is 11.8 Å². The number of benzene rings is 2. The monoisotopic (exact) mass is 336 g/mol. The summed E-state index contributed by atoms with van der Waals surface area (Å²) in [6.07, 6.45) is 4.49. The van der Waals surface area contributed by atoms with Crippen molar-refractivity contribution in [1.29, 1.82) is 0 Å². The van der Waals surface area contributed by atoms with Crippen molar-refractivity contribution in [3.63, 3.8) is 0 Å². The summed E-state index contributed by atoms with van der Waals surface area (Å²) in [4.78, 5) is 24.6. The second kappa shape index (κ2) is 7.97. The van der Waals surface area contributed by atoms with Crippen molar-refractivity contribution in [2.75, 3.05) is 0 Å². The Morgan fingerprint density at radius 1 is 0.880 bits per heavy atom. The Balaban J connectivity index is 1.59. The molecular formula is C21H24N2O2. The van der Waals surface area contributed by atoms with Crippen molar-refractivity contribution in [2.24, 2.45) is 0 Å². The average molecular weight is 336 g/mol. The molecule has 2 N–H and O–H groups in total. The lowest BCUT2D eigenvalue weighted by Gasteiger charge is -2.15. The molecule has 2 amide bonds. The van der Waals surface area contributed by atoms with Crippen LogP contribution in [0.2, 0.25) is 0 Å². The van der Waals surface area contributed by atoms with Crippen LogP contribution in [0.15, 0.2) is 54.6 Å². The van der Waals surface area contributed by atoms with Crippen molar-refractivity contribution in [1.82, 2.24) is 10.6 Å². The molecule has 1 fully saturated rings. The third kappa shape index (κ3) is 4.47. The highest BCUT2D eigenvalue weighted by atomic mass is 16.2. The Morgan fingerprint density at radius 2 is 1.44 bits per heavy atom. The van der Waals surface area contributed by atoms with E-state index in [2.05, 4.69) is 10.6 Å². The van der Waals surface area contributed by atoms with Gasteiger partial charge in [0, 0.05) is 17.2 Å². The van der Waals surface area contributed by atoms with Crippen LogP contribution in [-0.4, -0.2) is 17.9 Å². The van der Waals surface area contributed by atoms with E-state index >= 15 is 0 Å². The van der Waals surface area contributed by atoms with Crippen molar-refractivity contribution < 1.29 is 9.59 Å². The Bertz CT molecular complexity index is 719. The van der Waals surface area contributed by atoms with Crippen LogP contribution in [0.4, 0.5) is 0 Å². The van der Waals surface area contributed by atoms with E-state index in [0.29, 0.717) is 17.2 Å². The molecule has 0 radical (unpaired) electrons. The van der Waals surface area contributed by atoms with Crippen LogP contribution < -0.4 is 10.6 Å². The van der Waals surface area contributed by atoms with Gasteiger partial charge in [-0.2, -0.15) is 0 Å². The molecule has 4 heteroatoms.